The van der Waals surface area contributed by atoms with E-state index in [2.05, 4.69) is 15.3 Å². The first-order valence-corrected chi connectivity index (χ1v) is 14.5. The van der Waals surface area contributed by atoms with Gasteiger partial charge in [0.2, 0.25) is 0 Å². The Hall–Kier alpha value is -3.74. The molecule has 1 saturated heterocycles. The van der Waals surface area contributed by atoms with Crippen LogP contribution in [0.5, 0.6) is 0 Å². The van der Waals surface area contributed by atoms with Crippen LogP contribution in [0.25, 0.3) is 11.3 Å². The molecule has 14 heteroatoms. The molecule has 224 valence electrons. The molecule has 4 aromatic rings. The maximum atomic E-state index is 14.5. The first-order valence-electron chi connectivity index (χ1n) is 12.9. The van der Waals surface area contributed by atoms with Crippen LogP contribution >= 0.6 is 34.5 Å². The van der Waals surface area contributed by atoms with Gasteiger partial charge in [0.1, 0.15) is 11.6 Å². The maximum absolute atomic E-state index is 14.5. The first-order chi connectivity index (χ1) is 20.4. The van der Waals surface area contributed by atoms with Crippen LogP contribution in [-0.4, -0.2) is 40.0 Å². The number of alkyl halides is 3. The lowest BCUT2D eigenvalue weighted by molar-refractivity contribution is -0.142. The van der Waals surface area contributed by atoms with E-state index in [1.54, 1.807) is 11.0 Å². The zero-order chi connectivity index (χ0) is 30.9. The Morgan fingerprint density at radius 3 is 2.58 bits per heavy atom. The van der Waals surface area contributed by atoms with Crippen LogP contribution in [0.4, 0.5) is 28.5 Å². The van der Waals surface area contributed by atoms with E-state index in [4.69, 9.17) is 23.2 Å². The topological polar surface area (TPSA) is 95.4 Å². The molecule has 2 atom stereocenters. The number of aryl methyl sites for hydroxylation is 1. The molecule has 7 nitrogen and oxygen atoms in total. The smallest absolute Gasteiger partial charge is 0.419 e. The van der Waals surface area contributed by atoms with Crippen molar-refractivity contribution < 1.29 is 32.3 Å². The van der Waals surface area contributed by atoms with Gasteiger partial charge >= 0.3 is 12.1 Å². The molecule has 1 amide bonds. The van der Waals surface area contributed by atoms with E-state index in [-0.39, 0.29) is 39.4 Å². The minimum atomic E-state index is -4.87. The van der Waals surface area contributed by atoms with Gasteiger partial charge in [-0.2, -0.15) is 13.2 Å². The van der Waals surface area contributed by atoms with Crippen LogP contribution in [0.15, 0.2) is 60.1 Å². The molecule has 1 aliphatic rings. The zero-order valence-corrected chi connectivity index (χ0v) is 24.4. The SMILES string of the molecule is O=C(Nc1nc(-c2cccc(C(F)(F)F)c2F)cs1)c1cnc(N2C[C@@H](CCc3cccc(Cl)c3)[C@@H](C(=O)O)C2)c(Cl)c1. The lowest BCUT2D eigenvalue weighted by atomic mass is 9.90. The van der Waals surface area contributed by atoms with Gasteiger partial charge < -0.3 is 10.0 Å². The second-order valence-electron chi connectivity index (χ2n) is 9.96. The van der Waals surface area contributed by atoms with Crippen LogP contribution in [-0.2, 0) is 17.4 Å². The number of hydrogen-bond acceptors (Lipinski definition) is 6. The molecular weight excluding hydrogens is 631 g/mol. The number of aromatic nitrogens is 2. The van der Waals surface area contributed by atoms with Crippen LogP contribution < -0.4 is 10.2 Å². The molecule has 43 heavy (non-hydrogen) atoms. The summed E-state index contributed by atoms with van der Waals surface area (Å²) in [4.78, 5) is 35.0. The summed E-state index contributed by atoms with van der Waals surface area (Å²) in [6.07, 6.45) is -2.31. The van der Waals surface area contributed by atoms with Gasteiger partial charge in [-0.25, -0.2) is 14.4 Å². The third-order valence-electron chi connectivity index (χ3n) is 7.14. The summed E-state index contributed by atoms with van der Waals surface area (Å²) in [6, 6.07) is 11.7. The van der Waals surface area contributed by atoms with Gasteiger partial charge in [0.25, 0.3) is 5.91 Å². The van der Waals surface area contributed by atoms with Gasteiger partial charge in [-0.15, -0.1) is 11.3 Å². The Morgan fingerprint density at radius 1 is 1.12 bits per heavy atom. The molecular formula is C29H22Cl2F4N4O3S. The summed E-state index contributed by atoms with van der Waals surface area (Å²) in [5.41, 5.74) is -0.750. The van der Waals surface area contributed by atoms with E-state index in [1.807, 2.05) is 18.2 Å². The lowest BCUT2D eigenvalue weighted by Gasteiger charge is -2.19. The Balaban J connectivity index is 1.26. The van der Waals surface area contributed by atoms with Crippen molar-refractivity contribution in [3.63, 3.8) is 0 Å². The number of halogens is 6. The van der Waals surface area contributed by atoms with Crippen molar-refractivity contribution in [3.8, 4) is 11.3 Å². The van der Waals surface area contributed by atoms with E-state index in [1.165, 1.54) is 23.7 Å². The van der Waals surface area contributed by atoms with Crippen molar-refractivity contribution in [1.82, 2.24) is 9.97 Å². The molecule has 0 aliphatic carbocycles. The van der Waals surface area contributed by atoms with Crippen LogP contribution in [0.1, 0.15) is 27.9 Å². The second-order valence-corrected chi connectivity index (χ2v) is 11.7. The fraction of sp³-hybridized carbons (Fsp3) is 0.241. The number of carbonyl (C=O) groups excluding carboxylic acids is 1. The predicted octanol–water partition coefficient (Wildman–Crippen LogP) is 7.69. The number of amides is 1. The predicted molar refractivity (Wildman–Crippen MR) is 156 cm³/mol. The number of nitrogens with one attached hydrogen (secondary N) is 1. The Kier molecular flexibility index (Phi) is 8.91. The number of pyridine rings is 1. The number of hydrogen-bond donors (Lipinski definition) is 2. The van der Waals surface area contributed by atoms with Crippen molar-refractivity contribution in [3.05, 3.63) is 92.7 Å². The molecule has 5 rings (SSSR count). The highest BCUT2D eigenvalue weighted by Gasteiger charge is 2.39. The highest BCUT2D eigenvalue weighted by molar-refractivity contribution is 7.14. The average molecular weight is 653 g/mol. The second kappa shape index (κ2) is 12.5. The number of nitrogens with zero attached hydrogens (tertiary/aromatic N) is 3. The minimum Gasteiger partial charge on any atom is -0.481 e. The largest absolute Gasteiger partial charge is 0.481 e. The van der Waals surface area contributed by atoms with E-state index in [0.29, 0.717) is 36.3 Å². The molecule has 3 heterocycles. The van der Waals surface area contributed by atoms with Crippen molar-refractivity contribution >= 4 is 57.4 Å². The summed E-state index contributed by atoms with van der Waals surface area (Å²) in [5, 5.41) is 14.5. The van der Waals surface area contributed by atoms with E-state index in [0.717, 1.165) is 23.0 Å². The van der Waals surface area contributed by atoms with E-state index < -0.39 is 35.4 Å². The van der Waals surface area contributed by atoms with Gasteiger partial charge in [-0.1, -0.05) is 41.4 Å². The number of aliphatic carboxylic acids is 1. The highest BCUT2D eigenvalue weighted by atomic mass is 35.5. The number of carboxylic acids is 1. The summed E-state index contributed by atoms with van der Waals surface area (Å²) in [7, 11) is 0. The van der Waals surface area contributed by atoms with Gasteiger partial charge in [-0.05, 0) is 54.7 Å². The number of carbonyl (C=O) groups is 2. The Bertz CT molecular complexity index is 1680. The average Bonchev–Trinajstić information content (AvgIpc) is 3.59. The number of anilines is 2. The molecule has 0 bridgehead atoms. The normalized spacial score (nSPS) is 16.8. The monoisotopic (exact) mass is 652 g/mol. The quantitative estimate of drug-likeness (QED) is 0.190. The standard InChI is InChI=1S/C29H22Cl2F4N4O3S/c30-18-4-1-3-15(9-18)7-8-16-12-39(13-20(16)27(41)42)25-22(31)10-17(11-36-25)26(40)38-28-37-23(14-43-28)19-5-2-6-21(24(19)32)29(33,34)35/h1-6,9-11,14,16,20H,7-8,12-13H2,(H,41,42)(H,37,38,40)/t16-,20+/m1/s1. The van der Waals surface area contributed by atoms with Gasteiger partial charge in [0.05, 0.1) is 27.8 Å². The first kappa shape index (κ1) is 30.7. The van der Waals surface area contributed by atoms with E-state index in [9.17, 15) is 32.3 Å². The fourth-order valence-corrected chi connectivity index (χ4v) is 6.23. The molecule has 0 radical (unpaired) electrons. The van der Waals surface area contributed by atoms with Crippen LogP contribution in [0.3, 0.4) is 0 Å². The van der Waals surface area contributed by atoms with Crippen LogP contribution in [0.2, 0.25) is 10.0 Å². The summed E-state index contributed by atoms with van der Waals surface area (Å²) >= 11 is 13.5. The van der Waals surface area contributed by atoms with Crippen molar-refractivity contribution in [2.45, 2.75) is 19.0 Å². The third kappa shape index (κ3) is 6.92. The molecule has 2 aromatic carbocycles. The third-order valence-corrected chi connectivity index (χ3v) is 8.41. The Morgan fingerprint density at radius 2 is 1.88 bits per heavy atom. The van der Waals surface area contributed by atoms with Crippen molar-refractivity contribution in [2.24, 2.45) is 11.8 Å². The fourth-order valence-electron chi connectivity index (χ4n) is 5.02. The van der Waals surface area contributed by atoms with Gasteiger partial charge in [0, 0.05) is 35.3 Å². The number of benzene rings is 2. The van der Waals surface area contributed by atoms with Gasteiger partial charge in [-0.3, -0.25) is 14.9 Å². The number of carboxylic acid groups (broad SMARTS) is 1. The lowest BCUT2D eigenvalue weighted by Crippen LogP contribution is -2.24. The number of rotatable bonds is 8. The summed E-state index contributed by atoms with van der Waals surface area (Å²) < 4.78 is 53.8. The van der Waals surface area contributed by atoms with Gasteiger partial charge in [0.15, 0.2) is 5.13 Å². The molecule has 2 N–H and O–H groups in total. The Labute approximate surface area is 257 Å². The maximum Gasteiger partial charge on any atom is 0.419 e. The zero-order valence-electron chi connectivity index (χ0n) is 22.0. The molecule has 0 spiro atoms. The molecule has 0 saturated carbocycles. The number of thiazole rings is 1. The summed E-state index contributed by atoms with van der Waals surface area (Å²) in [6.45, 7) is 0.603. The van der Waals surface area contributed by atoms with Crippen molar-refractivity contribution in [1.29, 1.82) is 0 Å². The van der Waals surface area contributed by atoms with E-state index >= 15 is 0 Å². The van der Waals surface area contributed by atoms with Crippen LogP contribution in [0, 0.1) is 17.7 Å². The highest BCUT2D eigenvalue weighted by Crippen LogP contribution is 2.37. The molecule has 1 fully saturated rings. The summed E-state index contributed by atoms with van der Waals surface area (Å²) in [5.74, 6) is -3.48. The molecule has 0 unspecified atom stereocenters. The minimum absolute atomic E-state index is 0.0309. The van der Waals surface area contributed by atoms with Crippen molar-refractivity contribution in [2.75, 3.05) is 23.3 Å². The molecule has 2 aromatic heterocycles. The molecule has 1 aliphatic heterocycles.